The highest BCUT2D eigenvalue weighted by atomic mass is 16.1. The second-order valence-electron chi connectivity index (χ2n) is 4.87. The SMILES string of the molecule is C=CCNC(=O)c1cnc(Nc2c(C)cccc2CC)cn1. The molecule has 5 heteroatoms. The molecule has 0 unspecified atom stereocenters. The standard InChI is InChI=1S/C17H20N4O/c1-4-9-18-17(22)14-10-20-15(11-19-14)21-16-12(3)7-6-8-13(16)5-2/h4,6-8,10-11H,1,5,9H2,2-3H3,(H,18,22)(H,20,21). The minimum atomic E-state index is -0.260. The highest BCUT2D eigenvalue weighted by molar-refractivity contribution is 5.92. The van der Waals surface area contributed by atoms with Gasteiger partial charge in [0.05, 0.1) is 12.4 Å². The number of carbonyl (C=O) groups is 1. The second kappa shape index (κ2) is 7.36. The summed E-state index contributed by atoms with van der Waals surface area (Å²) in [5, 5.41) is 5.94. The predicted molar refractivity (Wildman–Crippen MR) is 88.4 cm³/mol. The molecule has 0 radical (unpaired) electrons. The first-order chi connectivity index (χ1) is 10.7. The van der Waals surface area contributed by atoms with Gasteiger partial charge in [-0.3, -0.25) is 4.79 Å². The monoisotopic (exact) mass is 296 g/mol. The summed E-state index contributed by atoms with van der Waals surface area (Å²) in [6.07, 6.45) is 5.57. The Bertz CT molecular complexity index is 665. The molecule has 2 rings (SSSR count). The number of para-hydroxylation sites is 1. The molecular formula is C17H20N4O. The average Bonchev–Trinajstić information content (AvgIpc) is 2.55. The van der Waals surface area contributed by atoms with Gasteiger partial charge in [-0.25, -0.2) is 9.97 Å². The number of nitrogens with zero attached hydrogens (tertiary/aromatic N) is 2. The van der Waals surface area contributed by atoms with Crippen LogP contribution in [0.1, 0.15) is 28.5 Å². The summed E-state index contributed by atoms with van der Waals surface area (Å²) in [7, 11) is 0. The van der Waals surface area contributed by atoms with Gasteiger partial charge in [0.25, 0.3) is 5.91 Å². The lowest BCUT2D eigenvalue weighted by atomic mass is 10.1. The second-order valence-corrected chi connectivity index (χ2v) is 4.87. The smallest absolute Gasteiger partial charge is 0.271 e. The predicted octanol–water partition coefficient (Wildman–Crippen LogP) is 3.01. The summed E-state index contributed by atoms with van der Waals surface area (Å²) in [5.41, 5.74) is 3.69. The van der Waals surface area contributed by atoms with Crippen LogP contribution in [0.4, 0.5) is 11.5 Å². The van der Waals surface area contributed by atoms with E-state index in [1.165, 1.54) is 11.8 Å². The molecule has 2 N–H and O–H groups in total. The van der Waals surface area contributed by atoms with Crippen molar-refractivity contribution < 1.29 is 4.79 Å². The van der Waals surface area contributed by atoms with Crippen LogP contribution in [-0.4, -0.2) is 22.4 Å². The fraction of sp³-hybridized carbons (Fsp3) is 0.235. The van der Waals surface area contributed by atoms with Crippen LogP contribution < -0.4 is 10.6 Å². The molecule has 114 valence electrons. The van der Waals surface area contributed by atoms with E-state index in [1.54, 1.807) is 12.3 Å². The van der Waals surface area contributed by atoms with Crippen molar-refractivity contribution in [2.45, 2.75) is 20.3 Å². The molecule has 0 aliphatic carbocycles. The van der Waals surface area contributed by atoms with Gasteiger partial charge in [-0.2, -0.15) is 0 Å². The van der Waals surface area contributed by atoms with Crippen molar-refractivity contribution >= 4 is 17.4 Å². The molecule has 1 heterocycles. The van der Waals surface area contributed by atoms with Gasteiger partial charge in [0.2, 0.25) is 0 Å². The number of aromatic nitrogens is 2. The molecular weight excluding hydrogens is 276 g/mol. The fourth-order valence-corrected chi connectivity index (χ4v) is 2.10. The first kappa shape index (κ1) is 15.7. The molecule has 0 saturated carbocycles. The van der Waals surface area contributed by atoms with E-state index < -0.39 is 0 Å². The van der Waals surface area contributed by atoms with Gasteiger partial charge in [-0.15, -0.1) is 6.58 Å². The highest BCUT2D eigenvalue weighted by Gasteiger charge is 2.08. The molecule has 1 aromatic heterocycles. The van der Waals surface area contributed by atoms with Crippen LogP contribution in [0.25, 0.3) is 0 Å². The summed E-state index contributed by atoms with van der Waals surface area (Å²) < 4.78 is 0. The molecule has 0 spiro atoms. The summed E-state index contributed by atoms with van der Waals surface area (Å²) in [4.78, 5) is 20.1. The maximum Gasteiger partial charge on any atom is 0.271 e. The topological polar surface area (TPSA) is 66.9 Å². The van der Waals surface area contributed by atoms with Crippen LogP contribution >= 0.6 is 0 Å². The van der Waals surface area contributed by atoms with Crippen molar-refractivity contribution in [1.82, 2.24) is 15.3 Å². The minimum absolute atomic E-state index is 0.260. The molecule has 0 aliphatic heterocycles. The molecule has 5 nitrogen and oxygen atoms in total. The Balaban J connectivity index is 2.15. The number of rotatable bonds is 6. The van der Waals surface area contributed by atoms with E-state index in [4.69, 9.17) is 0 Å². The largest absolute Gasteiger partial charge is 0.347 e. The normalized spacial score (nSPS) is 10.1. The van der Waals surface area contributed by atoms with E-state index in [1.807, 2.05) is 19.1 Å². The van der Waals surface area contributed by atoms with Crippen LogP contribution in [0, 0.1) is 6.92 Å². The van der Waals surface area contributed by atoms with Crippen molar-refractivity contribution in [2.24, 2.45) is 0 Å². The van der Waals surface area contributed by atoms with E-state index in [-0.39, 0.29) is 11.6 Å². The van der Waals surface area contributed by atoms with E-state index >= 15 is 0 Å². The zero-order valence-electron chi connectivity index (χ0n) is 12.9. The summed E-state index contributed by atoms with van der Waals surface area (Å²) in [6, 6.07) is 6.17. The van der Waals surface area contributed by atoms with Gasteiger partial charge in [-0.05, 0) is 24.5 Å². The summed E-state index contributed by atoms with van der Waals surface area (Å²) >= 11 is 0. The molecule has 1 amide bonds. The van der Waals surface area contributed by atoms with Gasteiger partial charge in [0.1, 0.15) is 11.5 Å². The van der Waals surface area contributed by atoms with Gasteiger partial charge >= 0.3 is 0 Å². The Morgan fingerprint density at radius 2 is 2.14 bits per heavy atom. The van der Waals surface area contributed by atoms with Crippen LogP contribution in [0.5, 0.6) is 0 Å². The van der Waals surface area contributed by atoms with E-state index in [0.29, 0.717) is 12.4 Å². The van der Waals surface area contributed by atoms with Crippen LogP contribution in [0.3, 0.4) is 0 Å². The maximum atomic E-state index is 11.7. The number of hydrogen-bond acceptors (Lipinski definition) is 4. The van der Waals surface area contributed by atoms with Crippen molar-refractivity contribution in [3.05, 3.63) is 60.1 Å². The summed E-state index contributed by atoms with van der Waals surface area (Å²) in [6.45, 7) is 8.11. The number of hydrogen-bond donors (Lipinski definition) is 2. The Labute approximate surface area is 130 Å². The molecule has 22 heavy (non-hydrogen) atoms. The van der Waals surface area contributed by atoms with Crippen molar-refractivity contribution in [1.29, 1.82) is 0 Å². The number of amides is 1. The van der Waals surface area contributed by atoms with Gasteiger partial charge in [0, 0.05) is 12.2 Å². The van der Waals surface area contributed by atoms with E-state index in [0.717, 1.165) is 17.7 Å². The minimum Gasteiger partial charge on any atom is -0.347 e. The van der Waals surface area contributed by atoms with Gasteiger partial charge < -0.3 is 10.6 Å². The van der Waals surface area contributed by atoms with Crippen LogP contribution in [0.2, 0.25) is 0 Å². The molecule has 2 aromatic rings. The molecule has 0 aliphatic rings. The van der Waals surface area contributed by atoms with Crippen LogP contribution in [-0.2, 0) is 6.42 Å². The lowest BCUT2D eigenvalue weighted by molar-refractivity contribution is 0.0952. The van der Waals surface area contributed by atoms with Crippen molar-refractivity contribution in [3.8, 4) is 0 Å². The number of aryl methyl sites for hydroxylation is 2. The maximum absolute atomic E-state index is 11.7. The average molecular weight is 296 g/mol. The third kappa shape index (κ3) is 3.69. The molecule has 1 aromatic carbocycles. The third-order valence-corrected chi connectivity index (χ3v) is 3.28. The lowest BCUT2D eigenvalue weighted by Gasteiger charge is -2.13. The molecule has 0 atom stereocenters. The quantitative estimate of drug-likeness (QED) is 0.804. The third-order valence-electron chi connectivity index (χ3n) is 3.28. The lowest BCUT2D eigenvalue weighted by Crippen LogP contribution is -2.24. The molecule has 0 fully saturated rings. The zero-order chi connectivity index (χ0) is 15.9. The molecule has 0 bridgehead atoms. The van der Waals surface area contributed by atoms with E-state index in [2.05, 4.69) is 40.2 Å². The van der Waals surface area contributed by atoms with E-state index in [9.17, 15) is 4.79 Å². The number of nitrogens with one attached hydrogen (secondary N) is 2. The Morgan fingerprint density at radius 3 is 2.77 bits per heavy atom. The zero-order valence-corrected chi connectivity index (χ0v) is 12.9. The summed E-state index contributed by atoms with van der Waals surface area (Å²) in [5.74, 6) is 0.355. The van der Waals surface area contributed by atoms with Crippen LogP contribution in [0.15, 0.2) is 43.2 Å². The Morgan fingerprint density at radius 1 is 1.32 bits per heavy atom. The molecule has 0 saturated heterocycles. The van der Waals surface area contributed by atoms with Gasteiger partial charge in [-0.1, -0.05) is 31.2 Å². The first-order valence-electron chi connectivity index (χ1n) is 7.22. The number of anilines is 2. The number of benzene rings is 1. The Hall–Kier alpha value is -2.69. The van der Waals surface area contributed by atoms with Crippen molar-refractivity contribution in [2.75, 3.05) is 11.9 Å². The van der Waals surface area contributed by atoms with Crippen molar-refractivity contribution in [3.63, 3.8) is 0 Å². The highest BCUT2D eigenvalue weighted by Crippen LogP contribution is 2.24. The Kier molecular flexibility index (Phi) is 5.25. The first-order valence-corrected chi connectivity index (χ1v) is 7.22. The fourth-order valence-electron chi connectivity index (χ4n) is 2.10. The number of carbonyl (C=O) groups excluding carboxylic acids is 1. The van der Waals surface area contributed by atoms with Gasteiger partial charge in [0.15, 0.2) is 0 Å².